The summed E-state index contributed by atoms with van der Waals surface area (Å²) in [4.78, 5) is 12.4. The molecule has 0 unspecified atom stereocenters. The minimum absolute atomic E-state index is 0.0619. The van der Waals surface area contributed by atoms with E-state index < -0.39 is 10.0 Å². The Morgan fingerprint density at radius 2 is 1.93 bits per heavy atom. The molecule has 1 aromatic carbocycles. The first kappa shape index (κ1) is 18.1. The van der Waals surface area contributed by atoms with Gasteiger partial charge in [0, 0.05) is 30.4 Å². The molecule has 0 fully saturated rings. The number of imidazole rings is 1. The number of ether oxygens (including phenoxy) is 1. The molecule has 0 aliphatic heterocycles. The maximum atomic E-state index is 13.0. The van der Waals surface area contributed by atoms with Crippen molar-refractivity contribution in [3.8, 4) is 16.9 Å². The highest BCUT2D eigenvalue weighted by molar-refractivity contribution is 7.89. The number of hydrogen-bond donors (Lipinski definition) is 1. The zero-order valence-electron chi connectivity index (χ0n) is 15.0. The van der Waals surface area contributed by atoms with Crippen LogP contribution in [0.15, 0.2) is 72.4 Å². The number of methoxy groups -OCH3 is 1. The summed E-state index contributed by atoms with van der Waals surface area (Å²) >= 11 is 0. The van der Waals surface area contributed by atoms with Gasteiger partial charge in [-0.25, -0.2) is 18.1 Å². The maximum Gasteiger partial charge on any atom is 0.244 e. The predicted octanol–water partition coefficient (Wildman–Crippen LogP) is 2.28. The zero-order chi connectivity index (χ0) is 19.6. The number of pyridine rings is 1. The summed E-state index contributed by atoms with van der Waals surface area (Å²) in [5.74, 6) is 0.266. The van der Waals surface area contributed by atoms with Crippen LogP contribution in [0.4, 0.5) is 0 Å². The number of fused-ring (bicyclic) bond motifs is 1. The van der Waals surface area contributed by atoms with E-state index in [9.17, 15) is 8.42 Å². The SMILES string of the molecule is COc1ccc(-c2cccnc2)cc1S(=O)(=O)NCc1cnc2cnccn12. The lowest BCUT2D eigenvalue weighted by molar-refractivity contribution is 0.402. The molecule has 0 aliphatic rings. The van der Waals surface area contributed by atoms with Crippen molar-refractivity contribution in [2.75, 3.05) is 7.11 Å². The lowest BCUT2D eigenvalue weighted by Crippen LogP contribution is -2.24. The molecule has 3 aromatic heterocycles. The number of nitrogens with zero attached hydrogens (tertiary/aromatic N) is 4. The van der Waals surface area contributed by atoms with Gasteiger partial charge in [0.1, 0.15) is 10.6 Å². The van der Waals surface area contributed by atoms with Crippen molar-refractivity contribution in [3.05, 3.63) is 73.2 Å². The lowest BCUT2D eigenvalue weighted by atomic mass is 10.1. The first-order chi connectivity index (χ1) is 13.6. The molecule has 9 heteroatoms. The molecular formula is C19H17N5O3S. The van der Waals surface area contributed by atoms with Gasteiger partial charge >= 0.3 is 0 Å². The van der Waals surface area contributed by atoms with E-state index in [0.29, 0.717) is 11.3 Å². The van der Waals surface area contributed by atoms with Crippen LogP contribution >= 0.6 is 0 Å². The van der Waals surface area contributed by atoms with E-state index in [1.807, 2.05) is 6.07 Å². The van der Waals surface area contributed by atoms with Gasteiger partial charge in [-0.05, 0) is 23.8 Å². The largest absolute Gasteiger partial charge is 0.495 e. The maximum absolute atomic E-state index is 13.0. The summed E-state index contributed by atoms with van der Waals surface area (Å²) in [6, 6.07) is 8.68. The number of hydrogen-bond acceptors (Lipinski definition) is 6. The summed E-state index contributed by atoms with van der Waals surface area (Å²) in [6.45, 7) is 0.0772. The van der Waals surface area contributed by atoms with Crippen LogP contribution in [0.25, 0.3) is 16.8 Å². The molecule has 0 amide bonds. The highest BCUT2D eigenvalue weighted by Gasteiger charge is 2.21. The van der Waals surface area contributed by atoms with Crippen molar-refractivity contribution in [1.29, 1.82) is 0 Å². The minimum atomic E-state index is -3.83. The van der Waals surface area contributed by atoms with Crippen molar-refractivity contribution >= 4 is 15.7 Å². The van der Waals surface area contributed by atoms with Crippen molar-refractivity contribution in [2.24, 2.45) is 0 Å². The van der Waals surface area contributed by atoms with E-state index in [1.54, 1.807) is 65.8 Å². The molecule has 1 N–H and O–H groups in total. The Morgan fingerprint density at radius 3 is 2.71 bits per heavy atom. The fraction of sp³-hybridized carbons (Fsp3) is 0.105. The van der Waals surface area contributed by atoms with Crippen LogP contribution in [0.3, 0.4) is 0 Å². The predicted molar refractivity (Wildman–Crippen MR) is 103 cm³/mol. The quantitative estimate of drug-likeness (QED) is 0.538. The molecule has 28 heavy (non-hydrogen) atoms. The Hall–Kier alpha value is -3.30. The minimum Gasteiger partial charge on any atom is -0.495 e. The molecule has 142 valence electrons. The van der Waals surface area contributed by atoms with Gasteiger partial charge in [0.2, 0.25) is 10.0 Å². The molecule has 0 radical (unpaired) electrons. The second-order valence-corrected chi connectivity index (χ2v) is 7.72. The lowest BCUT2D eigenvalue weighted by Gasteiger charge is -2.12. The molecule has 8 nitrogen and oxygen atoms in total. The van der Waals surface area contributed by atoms with E-state index >= 15 is 0 Å². The monoisotopic (exact) mass is 395 g/mol. The highest BCUT2D eigenvalue weighted by atomic mass is 32.2. The van der Waals surface area contributed by atoms with Gasteiger partial charge in [-0.2, -0.15) is 0 Å². The van der Waals surface area contributed by atoms with Gasteiger partial charge in [-0.15, -0.1) is 0 Å². The summed E-state index contributed by atoms with van der Waals surface area (Å²) in [7, 11) is -2.39. The standard InChI is InChI=1S/C19H17N5O3S/c1-27-17-5-4-14(15-3-2-6-20-10-15)9-18(17)28(25,26)23-12-16-11-22-19-13-21-7-8-24(16)19/h2-11,13,23H,12H2,1H3. The van der Waals surface area contributed by atoms with E-state index in [0.717, 1.165) is 11.1 Å². The first-order valence-corrected chi connectivity index (χ1v) is 9.91. The number of aromatic nitrogens is 4. The Balaban J connectivity index is 1.66. The van der Waals surface area contributed by atoms with Crippen LogP contribution in [-0.2, 0) is 16.6 Å². The van der Waals surface area contributed by atoms with E-state index in [1.165, 1.54) is 7.11 Å². The Morgan fingerprint density at radius 1 is 1.07 bits per heavy atom. The third-order valence-electron chi connectivity index (χ3n) is 4.29. The topological polar surface area (TPSA) is 98.5 Å². The molecule has 4 rings (SSSR count). The third-order valence-corrected chi connectivity index (χ3v) is 5.71. The Kier molecular flexibility index (Phi) is 4.76. The summed E-state index contributed by atoms with van der Waals surface area (Å²) in [5.41, 5.74) is 2.89. The third kappa shape index (κ3) is 3.45. The van der Waals surface area contributed by atoms with Gasteiger partial charge < -0.3 is 4.74 Å². The van der Waals surface area contributed by atoms with Gasteiger partial charge in [0.15, 0.2) is 5.65 Å². The molecule has 0 saturated heterocycles. The Bertz CT molecular complexity index is 1220. The molecule has 0 saturated carbocycles. The van der Waals surface area contributed by atoms with Gasteiger partial charge in [-0.3, -0.25) is 14.4 Å². The van der Waals surface area contributed by atoms with Gasteiger partial charge in [-0.1, -0.05) is 12.1 Å². The van der Waals surface area contributed by atoms with E-state index in [4.69, 9.17) is 4.74 Å². The van der Waals surface area contributed by atoms with Crippen molar-refractivity contribution in [2.45, 2.75) is 11.4 Å². The molecule has 0 spiro atoms. The van der Waals surface area contributed by atoms with Crippen LogP contribution in [0.2, 0.25) is 0 Å². The number of nitrogens with one attached hydrogen (secondary N) is 1. The molecule has 0 bridgehead atoms. The van der Waals surface area contributed by atoms with Crippen molar-refractivity contribution in [1.82, 2.24) is 24.1 Å². The normalized spacial score (nSPS) is 11.6. The molecule has 0 atom stereocenters. The van der Waals surface area contributed by atoms with Crippen LogP contribution in [0.5, 0.6) is 5.75 Å². The Labute approximate surface area is 161 Å². The first-order valence-electron chi connectivity index (χ1n) is 8.42. The fourth-order valence-corrected chi connectivity index (χ4v) is 4.06. The summed E-state index contributed by atoms with van der Waals surface area (Å²) < 4.78 is 35.6. The van der Waals surface area contributed by atoms with Crippen molar-refractivity contribution < 1.29 is 13.2 Å². The molecule has 0 aliphatic carbocycles. The van der Waals surface area contributed by atoms with Crippen LogP contribution < -0.4 is 9.46 Å². The second kappa shape index (κ2) is 7.37. The van der Waals surface area contributed by atoms with E-state index in [-0.39, 0.29) is 17.2 Å². The van der Waals surface area contributed by atoms with Crippen LogP contribution in [0.1, 0.15) is 5.69 Å². The summed E-state index contributed by atoms with van der Waals surface area (Å²) in [6.07, 6.45) is 9.92. The summed E-state index contributed by atoms with van der Waals surface area (Å²) in [5, 5.41) is 0. The fourth-order valence-electron chi connectivity index (χ4n) is 2.87. The highest BCUT2D eigenvalue weighted by Crippen LogP contribution is 2.29. The number of rotatable bonds is 6. The average Bonchev–Trinajstić information content (AvgIpc) is 3.16. The molecule has 3 heterocycles. The number of benzene rings is 1. The van der Waals surface area contributed by atoms with Crippen LogP contribution in [0, 0.1) is 0 Å². The van der Waals surface area contributed by atoms with E-state index in [2.05, 4.69) is 19.7 Å². The number of sulfonamides is 1. The van der Waals surface area contributed by atoms with Crippen molar-refractivity contribution in [3.63, 3.8) is 0 Å². The van der Waals surface area contributed by atoms with Gasteiger partial charge in [0.05, 0.1) is 31.7 Å². The average molecular weight is 395 g/mol. The smallest absolute Gasteiger partial charge is 0.244 e. The molecule has 4 aromatic rings. The second-order valence-electron chi connectivity index (χ2n) is 5.99. The van der Waals surface area contributed by atoms with Gasteiger partial charge in [0.25, 0.3) is 0 Å². The van der Waals surface area contributed by atoms with Crippen LogP contribution in [-0.4, -0.2) is 34.9 Å². The molecular weight excluding hydrogens is 378 g/mol. The zero-order valence-corrected chi connectivity index (χ0v) is 15.8.